The third kappa shape index (κ3) is 2.88. The quantitative estimate of drug-likeness (QED) is 0.778. The summed E-state index contributed by atoms with van der Waals surface area (Å²) in [6.07, 6.45) is 0.0177. The van der Waals surface area contributed by atoms with Gasteiger partial charge in [-0.2, -0.15) is 0 Å². The lowest BCUT2D eigenvalue weighted by Crippen LogP contribution is -2.65. The third-order valence-electron chi connectivity index (χ3n) is 5.79. The zero-order chi connectivity index (χ0) is 18.1. The summed E-state index contributed by atoms with van der Waals surface area (Å²) in [6.45, 7) is 3.87. The number of fused-ring (bicyclic) bond motifs is 1. The maximum Gasteiger partial charge on any atom is 0.258 e. The first-order valence-corrected chi connectivity index (χ1v) is 9.13. The molecule has 2 atom stereocenters. The van der Waals surface area contributed by atoms with E-state index < -0.39 is 0 Å². The maximum atomic E-state index is 13.0. The Morgan fingerprint density at radius 3 is 2.00 bits per heavy atom. The summed E-state index contributed by atoms with van der Waals surface area (Å²) < 4.78 is 0.830. The van der Waals surface area contributed by atoms with E-state index in [9.17, 15) is 9.59 Å². The van der Waals surface area contributed by atoms with Crippen LogP contribution in [0.5, 0.6) is 0 Å². The number of hydrogen-bond acceptors (Lipinski definition) is 2. The van der Waals surface area contributed by atoms with Crippen molar-refractivity contribution in [2.45, 2.75) is 6.17 Å². The second-order valence-electron chi connectivity index (χ2n) is 7.39. The van der Waals surface area contributed by atoms with Crippen molar-refractivity contribution in [3.63, 3.8) is 0 Å². The van der Waals surface area contributed by atoms with Gasteiger partial charge in [-0.1, -0.05) is 36.4 Å². The standard InChI is InChI=1S/C21H24N3O2/c1-24-14-12-22(20(25)17-8-4-2-5-9-17)16-19(24)23(13-15-24)21(26)18-10-6-3-7-11-18/h2-11,19H,12-16H2,1H3/q+1. The molecule has 0 saturated carbocycles. The molecule has 2 unspecified atom stereocenters. The number of carbonyl (C=O) groups excluding carboxylic acids is 2. The molecule has 134 valence electrons. The average Bonchev–Trinajstić information content (AvgIpc) is 3.04. The van der Waals surface area contributed by atoms with Gasteiger partial charge < -0.3 is 9.38 Å². The second-order valence-corrected chi connectivity index (χ2v) is 7.39. The fourth-order valence-electron chi connectivity index (χ4n) is 4.10. The van der Waals surface area contributed by atoms with Crippen LogP contribution in [0.4, 0.5) is 0 Å². The maximum absolute atomic E-state index is 13.0. The Morgan fingerprint density at radius 2 is 1.38 bits per heavy atom. The van der Waals surface area contributed by atoms with Crippen molar-refractivity contribution in [1.29, 1.82) is 0 Å². The predicted molar refractivity (Wildman–Crippen MR) is 99.5 cm³/mol. The number of carbonyl (C=O) groups is 2. The minimum atomic E-state index is 0.0177. The fraction of sp³-hybridized carbons (Fsp3) is 0.333. The SMILES string of the molecule is C[N+]12CCN(C(=O)c3ccccc3)CC1N(C(=O)c1ccccc1)CC2. The Hall–Kier alpha value is -2.66. The van der Waals surface area contributed by atoms with Crippen molar-refractivity contribution < 1.29 is 14.1 Å². The van der Waals surface area contributed by atoms with Crippen LogP contribution in [0.2, 0.25) is 0 Å². The van der Waals surface area contributed by atoms with E-state index in [4.69, 9.17) is 0 Å². The third-order valence-corrected chi connectivity index (χ3v) is 5.79. The van der Waals surface area contributed by atoms with Crippen molar-refractivity contribution in [2.24, 2.45) is 0 Å². The van der Waals surface area contributed by atoms with Gasteiger partial charge in [-0.15, -0.1) is 0 Å². The zero-order valence-corrected chi connectivity index (χ0v) is 15.0. The number of benzene rings is 2. The molecule has 2 aromatic rings. The summed E-state index contributed by atoms with van der Waals surface area (Å²) in [5, 5.41) is 0. The van der Waals surface area contributed by atoms with Crippen LogP contribution in [0.1, 0.15) is 20.7 Å². The van der Waals surface area contributed by atoms with Crippen LogP contribution in [-0.4, -0.2) is 72.0 Å². The largest absolute Gasteiger partial charge is 0.325 e. The van der Waals surface area contributed by atoms with Crippen LogP contribution in [0.25, 0.3) is 0 Å². The number of amides is 2. The molecule has 0 aromatic heterocycles. The number of hydrogen-bond donors (Lipinski definition) is 0. The molecule has 2 fully saturated rings. The molecule has 2 aliphatic heterocycles. The molecule has 2 saturated heterocycles. The molecule has 2 aromatic carbocycles. The van der Waals surface area contributed by atoms with Crippen LogP contribution < -0.4 is 0 Å². The minimum absolute atomic E-state index is 0.0177. The topological polar surface area (TPSA) is 40.6 Å². The van der Waals surface area contributed by atoms with E-state index in [1.165, 1.54) is 0 Å². The molecule has 2 aliphatic rings. The lowest BCUT2D eigenvalue weighted by atomic mass is 10.1. The van der Waals surface area contributed by atoms with Gasteiger partial charge in [-0.05, 0) is 24.3 Å². The van der Waals surface area contributed by atoms with Crippen molar-refractivity contribution >= 4 is 11.8 Å². The van der Waals surface area contributed by atoms with Gasteiger partial charge in [0.05, 0.1) is 39.8 Å². The van der Waals surface area contributed by atoms with Gasteiger partial charge in [0.25, 0.3) is 11.8 Å². The molecule has 0 N–H and O–H groups in total. The van der Waals surface area contributed by atoms with Crippen LogP contribution in [-0.2, 0) is 0 Å². The summed E-state index contributed by atoms with van der Waals surface area (Å²) in [7, 11) is 2.20. The molecule has 0 aliphatic carbocycles. The number of nitrogens with zero attached hydrogens (tertiary/aromatic N) is 3. The van der Waals surface area contributed by atoms with E-state index in [-0.39, 0.29) is 18.0 Å². The van der Waals surface area contributed by atoms with E-state index >= 15 is 0 Å². The van der Waals surface area contributed by atoms with E-state index in [1.54, 1.807) is 0 Å². The summed E-state index contributed by atoms with van der Waals surface area (Å²) in [6, 6.07) is 18.8. The minimum Gasteiger partial charge on any atom is -0.325 e. The molecule has 2 heterocycles. The van der Waals surface area contributed by atoms with E-state index in [1.807, 2.05) is 70.5 Å². The van der Waals surface area contributed by atoms with Gasteiger partial charge in [0.1, 0.15) is 0 Å². The van der Waals surface area contributed by atoms with Gasteiger partial charge in [-0.3, -0.25) is 14.5 Å². The molecule has 0 radical (unpaired) electrons. The second kappa shape index (κ2) is 6.57. The van der Waals surface area contributed by atoms with Crippen molar-refractivity contribution in [3.8, 4) is 0 Å². The Bertz CT molecular complexity index is 809. The number of quaternary nitrogens is 1. The van der Waals surface area contributed by atoms with Crippen LogP contribution in [0.3, 0.4) is 0 Å². The summed E-state index contributed by atoms with van der Waals surface area (Å²) >= 11 is 0. The first-order valence-electron chi connectivity index (χ1n) is 9.13. The average molecular weight is 350 g/mol. The molecule has 4 rings (SSSR count). The van der Waals surface area contributed by atoms with Crippen LogP contribution in [0, 0.1) is 0 Å². The highest BCUT2D eigenvalue weighted by Gasteiger charge is 2.50. The Balaban J connectivity index is 1.56. The molecule has 5 nitrogen and oxygen atoms in total. The van der Waals surface area contributed by atoms with E-state index in [2.05, 4.69) is 7.05 Å². The summed E-state index contributed by atoms with van der Waals surface area (Å²) in [5.74, 6) is 0.113. The Labute approximate surface area is 154 Å². The number of rotatable bonds is 2. The summed E-state index contributed by atoms with van der Waals surface area (Å²) in [4.78, 5) is 29.7. The van der Waals surface area contributed by atoms with Gasteiger partial charge in [0.15, 0.2) is 6.17 Å². The highest BCUT2D eigenvalue weighted by molar-refractivity contribution is 5.95. The number of piperazine rings is 1. The van der Waals surface area contributed by atoms with E-state index in [0.717, 1.165) is 30.7 Å². The van der Waals surface area contributed by atoms with Gasteiger partial charge in [-0.25, -0.2) is 0 Å². The van der Waals surface area contributed by atoms with Crippen molar-refractivity contribution in [3.05, 3.63) is 71.8 Å². The zero-order valence-electron chi connectivity index (χ0n) is 15.0. The lowest BCUT2D eigenvalue weighted by Gasteiger charge is -2.45. The van der Waals surface area contributed by atoms with Crippen molar-refractivity contribution in [1.82, 2.24) is 9.80 Å². The highest BCUT2D eigenvalue weighted by atomic mass is 16.2. The van der Waals surface area contributed by atoms with Gasteiger partial charge in [0, 0.05) is 11.1 Å². The number of likely N-dealkylation sites (N-methyl/N-ethyl adjacent to an activating group) is 1. The highest BCUT2D eigenvalue weighted by Crippen LogP contribution is 2.28. The molecule has 0 bridgehead atoms. The predicted octanol–water partition coefficient (Wildman–Crippen LogP) is 2.07. The fourth-order valence-corrected chi connectivity index (χ4v) is 4.10. The van der Waals surface area contributed by atoms with E-state index in [0.29, 0.717) is 17.7 Å². The lowest BCUT2D eigenvalue weighted by molar-refractivity contribution is -0.929. The first kappa shape index (κ1) is 16.8. The smallest absolute Gasteiger partial charge is 0.258 e. The van der Waals surface area contributed by atoms with Gasteiger partial charge >= 0.3 is 0 Å². The monoisotopic (exact) mass is 350 g/mol. The van der Waals surface area contributed by atoms with Crippen LogP contribution in [0.15, 0.2) is 60.7 Å². The molecular weight excluding hydrogens is 326 g/mol. The molecule has 0 spiro atoms. The molecule has 2 amide bonds. The van der Waals surface area contributed by atoms with Crippen molar-refractivity contribution in [2.75, 3.05) is 39.8 Å². The Kier molecular flexibility index (Phi) is 4.24. The molecular formula is C21H24N3O2+. The van der Waals surface area contributed by atoms with Crippen LogP contribution >= 0.6 is 0 Å². The Morgan fingerprint density at radius 1 is 0.846 bits per heavy atom. The first-order chi connectivity index (χ1) is 12.6. The summed E-state index contributed by atoms with van der Waals surface area (Å²) in [5.41, 5.74) is 1.43. The normalized spacial score (nSPS) is 25.0. The molecule has 26 heavy (non-hydrogen) atoms. The van der Waals surface area contributed by atoms with Gasteiger partial charge in [0.2, 0.25) is 0 Å². The molecule has 5 heteroatoms.